The molecule has 4 aliphatic rings. The van der Waals surface area contributed by atoms with E-state index < -0.39 is 5.54 Å². The Morgan fingerprint density at radius 1 is 0.932 bits per heavy atom. The number of amides is 1. The first-order valence-electron chi connectivity index (χ1n) is 16.3. The molecule has 1 amide bonds. The summed E-state index contributed by atoms with van der Waals surface area (Å²) in [6.07, 6.45) is 11.2. The van der Waals surface area contributed by atoms with Crippen molar-refractivity contribution in [1.29, 1.82) is 0 Å². The van der Waals surface area contributed by atoms with Crippen molar-refractivity contribution in [2.75, 3.05) is 7.11 Å². The molecule has 1 heterocycles. The van der Waals surface area contributed by atoms with Crippen molar-refractivity contribution in [3.63, 3.8) is 0 Å². The maximum absolute atomic E-state index is 14.6. The number of hydrogen-bond donors (Lipinski definition) is 0. The molecule has 0 radical (unpaired) electrons. The van der Waals surface area contributed by atoms with Crippen LogP contribution >= 0.6 is 23.2 Å². The van der Waals surface area contributed by atoms with Crippen molar-refractivity contribution in [3.8, 4) is 0 Å². The zero-order valence-corrected chi connectivity index (χ0v) is 27.8. The van der Waals surface area contributed by atoms with Crippen LogP contribution in [0.5, 0.6) is 0 Å². The van der Waals surface area contributed by atoms with Gasteiger partial charge in [0.25, 0.3) is 5.91 Å². The van der Waals surface area contributed by atoms with Crippen molar-refractivity contribution < 1.29 is 9.53 Å². The van der Waals surface area contributed by atoms with Gasteiger partial charge in [-0.25, -0.2) is 0 Å². The van der Waals surface area contributed by atoms with Crippen LogP contribution in [0, 0.1) is 11.3 Å². The molecule has 3 aromatic rings. The fraction of sp³-hybridized carbons (Fsp3) is 0.474. The lowest BCUT2D eigenvalue weighted by Crippen LogP contribution is -2.51. The lowest BCUT2D eigenvalue weighted by atomic mass is 9.61. The highest BCUT2D eigenvalue weighted by Gasteiger charge is 2.66. The number of benzene rings is 3. The van der Waals surface area contributed by atoms with Crippen LogP contribution in [0.1, 0.15) is 86.6 Å². The van der Waals surface area contributed by atoms with Crippen LogP contribution in [0.3, 0.4) is 0 Å². The van der Waals surface area contributed by atoms with Gasteiger partial charge in [-0.1, -0.05) is 97.6 Å². The van der Waals surface area contributed by atoms with E-state index in [-0.39, 0.29) is 17.4 Å². The maximum atomic E-state index is 14.6. The molecule has 0 bridgehead atoms. The largest absolute Gasteiger partial charge is 0.381 e. The van der Waals surface area contributed by atoms with Crippen LogP contribution in [0.4, 0.5) is 0 Å². The molecule has 1 unspecified atom stereocenters. The Kier molecular flexibility index (Phi) is 9.25. The number of hydrogen-bond acceptors (Lipinski definition) is 3. The summed E-state index contributed by atoms with van der Waals surface area (Å²) in [7, 11) is 1.81. The molecule has 6 heteroatoms. The lowest BCUT2D eigenvalue weighted by Gasteiger charge is -2.45. The van der Waals surface area contributed by atoms with Crippen molar-refractivity contribution in [2.45, 2.75) is 96.2 Å². The van der Waals surface area contributed by atoms with Crippen LogP contribution in [0.15, 0.2) is 71.7 Å². The number of aliphatic imine (C=N–C) groups is 1. The fourth-order valence-corrected chi connectivity index (χ4v) is 8.19. The number of methoxy groups -OCH3 is 1. The lowest BCUT2D eigenvalue weighted by molar-refractivity contribution is -0.138. The van der Waals surface area contributed by atoms with E-state index in [0.717, 1.165) is 72.8 Å². The predicted molar refractivity (Wildman–Crippen MR) is 181 cm³/mol. The van der Waals surface area contributed by atoms with E-state index in [9.17, 15) is 4.79 Å². The molecule has 3 aromatic carbocycles. The zero-order chi connectivity index (χ0) is 30.9. The monoisotopic (exact) mass is 630 g/mol. The Balaban J connectivity index is 0.000000329. The molecular weight excluding hydrogens is 587 g/mol. The molecule has 4 nitrogen and oxygen atoms in total. The second-order valence-corrected chi connectivity index (χ2v) is 14.0. The van der Waals surface area contributed by atoms with Crippen LogP contribution in [-0.2, 0) is 40.9 Å². The Morgan fingerprint density at radius 3 is 2.18 bits per heavy atom. The summed E-state index contributed by atoms with van der Waals surface area (Å²) in [4.78, 5) is 21.8. The van der Waals surface area contributed by atoms with Gasteiger partial charge in [0.05, 0.1) is 12.6 Å². The number of aryl methyl sites for hydroxylation is 2. The van der Waals surface area contributed by atoms with E-state index in [1.54, 1.807) is 0 Å². The molecule has 0 aromatic heterocycles. The molecule has 3 aliphatic carbocycles. The molecule has 2 spiro atoms. The number of carbonyl (C=O) groups is 1. The summed E-state index contributed by atoms with van der Waals surface area (Å²) < 4.78 is 5.72. The third-order valence-corrected chi connectivity index (χ3v) is 11.3. The topological polar surface area (TPSA) is 41.9 Å². The number of nitrogens with zero attached hydrogens (tertiary/aromatic N) is 2. The van der Waals surface area contributed by atoms with Crippen LogP contribution in [-0.4, -0.2) is 29.9 Å². The number of fused-ring (bicyclic) bond motifs is 3. The quantitative estimate of drug-likeness (QED) is 0.261. The predicted octanol–water partition coefficient (Wildman–Crippen LogP) is 9.37. The van der Waals surface area contributed by atoms with E-state index >= 15 is 0 Å². The van der Waals surface area contributed by atoms with Gasteiger partial charge in [0.2, 0.25) is 0 Å². The summed E-state index contributed by atoms with van der Waals surface area (Å²) in [6.45, 7) is 4.55. The van der Waals surface area contributed by atoms with Gasteiger partial charge in [-0.2, -0.15) is 0 Å². The Morgan fingerprint density at radius 2 is 1.59 bits per heavy atom. The molecule has 0 saturated heterocycles. The molecule has 44 heavy (non-hydrogen) atoms. The van der Waals surface area contributed by atoms with E-state index in [2.05, 4.69) is 25.1 Å². The highest BCUT2D eigenvalue weighted by atomic mass is 35.5. The van der Waals surface area contributed by atoms with Crippen LogP contribution in [0.2, 0.25) is 10.0 Å². The SMILES string of the molecule is CCc1ccccc1Cl.COC1CCC2(CC1)Cc1ccc(CCC3CC3)cc1C21N=C(C)N(Cc2ccccc2Cl)C1=O. The first-order chi connectivity index (χ1) is 21.3. The third kappa shape index (κ3) is 5.86. The maximum Gasteiger partial charge on any atom is 0.261 e. The van der Waals surface area contributed by atoms with Crippen molar-refractivity contribution in [2.24, 2.45) is 16.3 Å². The van der Waals surface area contributed by atoms with Gasteiger partial charge >= 0.3 is 0 Å². The van der Waals surface area contributed by atoms with Crippen molar-refractivity contribution in [3.05, 3.63) is 105 Å². The van der Waals surface area contributed by atoms with Gasteiger partial charge in [-0.15, -0.1) is 0 Å². The molecule has 1 aliphatic heterocycles. The summed E-state index contributed by atoms with van der Waals surface area (Å²) in [5.74, 6) is 1.83. The van der Waals surface area contributed by atoms with Crippen molar-refractivity contribution >= 4 is 34.9 Å². The first kappa shape index (κ1) is 31.3. The molecule has 2 saturated carbocycles. The molecular formula is C38H44Cl2N2O2. The van der Waals surface area contributed by atoms with E-state index in [4.69, 9.17) is 32.9 Å². The molecule has 2 fully saturated rings. The summed E-state index contributed by atoms with van der Waals surface area (Å²) in [5, 5.41) is 1.57. The van der Waals surface area contributed by atoms with Crippen LogP contribution in [0.25, 0.3) is 0 Å². The normalized spacial score (nSPS) is 25.7. The standard InChI is InChI=1S/C30H35ClN2O2.C8H9Cl/c1-20-32-30(28(34)33(20)19-24-5-3-4-6-27(24)31)26-17-22(10-9-21-7-8-21)11-12-23(26)18-29(30)15-13-25(35-2)14-16-29;1-2-7-5-3-4-6-8(7)9/h3-6,11-12,17,21,25H,7-10,13-16,18-19H2,1-2H3;3-6H,2H2,1H3. The van der Waals surface area contributed by atoms with Gasteiger partial charge in [0.15, 0.2) is 5.54 Å². The first-order valence-corrected chi connectivity index (χ1v) is 17.1. The number of rotatable bonds is 7. The average Bonchev–Trinajstić information content (AvgIpc) is 3.79. The van der Waals surface area contributed by atoms with Gasteiger partial charge in [-0.3, -0.25) is 14.7 Å². The molecule has 7 rings (SSSR count). The highest BCUT2D eigenvalue weighted by molar-refractivity contribution is 6.31. The number of halogens is 2. The van der Waals surface area contributed by atoms with E-state index in [1.807, 2.05) is 67.5 Å². The minimum atomic E-state index is -0.831. The smallest absolute Gasteiger partial charge is 0.261 e. The minimum absolute atomic E-state index is 0.129. The minimum Gasteiger partial charge on any atom is -0.381 e. The van der Waals surface area contributed by atoms with E-state index in [0.29, 0.717) is 11.6 Å². The van der Waals surface area contributed by atoms with Gasteiger partial charge in [0.1, 0.15) is 5.84 Å². The highest BCUT2D eigenvalue weighted by Crippen LogP contribution is 2.62. The summed E-state index contributed by atoms with van der Waals surface area (Å²) in [5.41, 5.74) is 4.98. The molecule has 1 atom stereocenters. The molecule has 0 N–H and O–H groups in total. The van der Waals surface area contributed by atoms with Crippen molar-refractivity contribution in [1.82, 2.24) is 4.90 Å². The molecule has 232 valence electrons. The van der Waals surface area contributed by atoms with Crippen LogP contribution < -0.4 is 0 Å². The Bertz CT molecular complexity index is 1540. The fourth-order valence-electron chi connectivity index (χ4n) is 7.73. The number of amidine groups is 1. The summed E-state index contributed by atoms with van der Waals surface area (Å²) in [6, 6.07) is 22.7. The second-order valence-electron chi connectivity index (χ2n) is 13.2. The summed E-state index contributed by atoms with van der Waals surface area (Å²) >= 11 is 12.3. The number of ether oxygens (including phenoxy) is 1. The Hall–Kier alpha value is -2.66. The zero-order valence-electron chi connectivity index (χ0n) is 26.3. The van der Waals surface area contributed by atoms with Gasteiger partial charge < -0.3 is 4.74 Å². The third-order valence-electron chi connectivity index (χ3n) is 10.5. The van der Waals surface area contributed by atoms with Gasteiger partial charge in [-0.05, 0) is 104 Å². The average molecular weight is 632 g/mol. The Labute approximate surface area is 272 Å². The van der Waals surface area contributed by atoms with Gasteiger partial charge in [0, 0.05) is 22.6 Å². The number of carbonyl (C=O) groups excluding carboxylic acids is 1. The second kappa shape index (κ2) is 13.0. The van der Waals surface area contributed by atoms with E-state index in [1.165, 1.54) is 36.0 Å².